The van der Waals surface area contributed by atoms with Gasteiger partial charge in [0.25, 0.3) is 0 Å². The number of nitrogens with one attached hydrogen (secondary N) is 1. The topological polar surface area (TPSA) is 60.6 Å². The molecule has 2 atom stereocenters. The van der Waals surface area contributed by atoms with Crippen molar-refractivity contribution >= 4 is 50.8 Å². The Balaban J connectivity index is 1.66. The van der Waals surface area contributed by atoms with Crippen molar-refractivity contribution in [2.75, 3.05) is 21.3 Å². The van der Waals surface area contributed by atoms with Gasteiger partial charge in [0.05, 0.1) is 27.2 Å². The maximum atomic E-state index is 13.8. The number of carbonyl (C=O) groups excluding carboxylic acids is 1. The van der Waals surface area contributed by atoms with Crippen LogP contribution in [-0.2, 0) is 6.42 Å². The molecule has 1 aliphatic carbocycles. The summed E-state index contributed by atoms with van der Waals surface area (Å²) in [5.41, 5.74) is 5.92. The number of para-hydroxylation sites is 1. The number of hydrogen-bond acceptors (Lipinski definition) is 4. The summed E-state index contributed by atoms with van der Waals surface area (Å²) in [6.07, 6.45) is 0.861. The number of ether oxygens (including phenoxy) is 3. The molecule has 1 aliphatic rings. The van der Waals surface area contributed by atoms with Gasteiger partial charge in [-0.2, -0.15) is 0 Å². The van der Waals surface area contributed by atoms with E-state index in [1.54, 1.807) is 12.1 Å². The minimum Gasteiger partial charge on any atom is -0.493 e. The second-order valence-corrected chi connectivity index (χ2v) is 10.4. The minimum atomic E-state index is -1.23. The zero-order valence-electron chi connectivity index (χ0n) is 20.3. The maximum Gasteiger partial charge on any atom is 0.203 e. The van der Waals surface area contributed by atoms with Crippen LogP contribution in [-0.4, -0.2) is 36.4 Å². The summed E-state index contributed by atoms with van der Waals surface area (Å²) in [6.45, 7) is 4.25. The average Bonchev–Trinajstić information content (AvgIpc) is 3.23. The monoisotopic (exact) mass is 511 g/mol. The SMILES string of the molecule is CCc1cc(C2C(C(=O)c3cc(OC)c(OC)c(OC)c3)C2(Cl)Cl)c2c([nH]c3ccccc32)c1C. The number of H-pyrrole nitrogens is 1. The van der Waals surface area contributed by atoms with Gasteiger partial charge in [0.15, 0.2) is 17.3 Å². The van der Waals surface area contributed by atoms with Gasteiger partial charge >= 0.3 is 0 Å². The largest absolute Gasteiger partial charge is 0.493 e. The molecule has 0 aliphatic heterocycles. The van der Waals surface area contributed by atoms with Gasteiger partial charge in [0, 0.05) is 33.3 Å². The lowest BCUT2D eigenvalue weighted by atomic mass is 9.93. The highest BCUT2D eigenvalue weighted by atomic mass is 35.5. The third-order valence-electron chi connectivity index (χ3n) is 7.18. The Hall–Kier alpha value is -2.89. The molecule has 0 radical (unpaired) electrons. The molecular weight excluding hydrogens is 485 g/mol. The Kier molecular flexibility index (Phi) is 5.89. The van der Waals surface area contributed by atoms with E-state index in [2.05, 4.69) is 37.0 Å². The minimum absolute atomic E-state index is 0.161. The van der Waals surface area contributed by atoms with Crippen LogP contribution in [0, 0.1) is 12.8 Å². The Morgan fingerprint density at radius 2 is 1.69 bits per heavy atom. The van der Waals surface area contributed by atoms with Crippen molar-refractivity contribution in [2.24, 2.45) is 5.92 Å². The van der Waals surface area contributed by atoms with Gasteiger partial charge < -0.3 is 19.2 Å². The summed E-state index contributed by atoms with van der Waals surface area (Å²) < 4.78 is 15.1. The summed E-state index contributed by atoms with van der Waals surface area (Å²) >= 11 is 13.7. The fourth-order valence-corrected chi connectivity index (χ4v) is 6.12. The number of aromatic nitrogens is 1. The van der Waals surface area contributed by atoms with E-state index in [4.69, 9.17) is 37.4 Å². The molecule has 0 saturated heterocycles. The number of carbonyl (C=O) groups is 1. The van der Waals surface area contributed by atoms with Crippen LogP contribution in [0.5, 0.6) is 17.2 Å². The predicted octanol–water partition coefficient (Wildman–Crippen LogP) is 6.99. The summed E-state index contributed by atoms with van der Waals surface area (Å²) in [5, 5.41) is 2.17. The molecule has 5 rings (SSSR count). The molecule has 5 nitrogen and oxygen atoms in total. The number of alkyl halides is 2. The number of methoxy groups -OCH3 is 3. The van der Waals surface area contributed by atoms with Gasteiger partial charge in [-0.25, -0.2) is 0 Å². The smallest absolute Gasteiger partial charge is 0.203 e. The van der Waals surface area contributed by atoms with E-state index in [0.29, 0.717) is 22.8 Å². The van der Waals surface area contributed by atoms with Crippen LogP contribution in [0.25, 0.3) is 21.8 Å². The Morgan fingerprint density at radius 3 is 2.29 bits per heavy atom. The molecule has 1 heterocycles. The van der Waals surface area contributed by atoms with Crippen LogP contribution in [0.4, 0.5) is 0 Å². The standard InChI is InChI=1S/C28H27Cl2NO4/c1-6-15-11-18(22-17-9-7-8-10-19(17)31-25(22)14(15)2)23-24(28(23,29)30)26(32)16-12-20(33-3)27(35-5)21(13-16)34-4/h7-13,23-24,31H,6H2,1-5H3. The lowest BCUT2D eigenvalue weighted by Gasteiger charge is -2.14. The first-order valence-corrected chi connectivity index (χ1v) is 12.3. The van der Waals surface area contributed by atoms with Crippen LogP contribution in [0.3, 0.4) is 0 Å². The first-order chi connectivity index (χ1) is 16.8. The number of aryl methyl sites for hydroxylation is 2. The Morgan fingerprint density at radius 1 is 1.03 bits per heavy atom. The molecule has 0 spiro atoms. The molecule has 0 amide bonds. The van der Waals surface area contributed by atoms with Crippen LogP contribution < -0.4 is 14.2 Å². The molecule has 0 bridgehead atoms. The zero-order chi connectivity index (χ0) is 25.1. The summed E-state index contributed by atoms with van der Waals surface area (Å²) in [7, 11) is 4.56. The number of rotatable bonds is 7. The highest BCUT2D eigenvalue weighted by molar-refractivity contribution is 6.54. The van der Waals surface area contributed by atoms with Crippen LogP contribution >= 0.6 is 23.2 Å². The number of aromatic amines is 1. The lowest BCUT2D eigenvalue weighted by Crippen LogP contribution is -2.08. The Bertz CT molecular complexity index is 1450. The van der Waals surface area contributed by atoms with Crippen molar-refractivity contribution < 1.29 is 19.0 Å². The Labute approximate surface area is 214 Å². The van der Waals surface area contributed by atoms with E-state index >= 15 is 0 Å². The summed E-state index contributed by atoms with van der Waals surface area (Å²) in [4.78, 5) is 17.3. The third-order valence-corrected chi connectivity index (χ3v) is 8.12. The van der Waals surface area contributed by atoms with E-state index in [1.165, 1.54) is 32.5 Å². The molecular formula is C28H27Cl2NO4. The second kappa shape index (κ2) is 8.65. The van der Waals surface area contributed by atoms with Crippen molar-refractivity contribution in [3.05, 3.63) is 64.7 Å². The van der Waals surface area contributed by atoms with E-state index in [-0.39, 0.29) is 11.7 Å². The van der Waals surface area contributed by atoms with Crippen molar-refractivity contribution in [2.45, 2.75) is 30.5 Å². The molecule has 1 aromatic heterocycles. The summed E-state index contributed by atoms with van der Waals surface area (Å²) in [6, 6.07) is 13.6. The fraction of sp³-hybridized carbons (Fsp3) is 0.321. The van der Waals surface area contributed by atoms with Gasteiger partial charge in [-0.05, 0) is 48.2 Å². The van der Waals surface area contributed by atoms with Gasteiger partial charge in [-0.15, -0.1) is 23.2 Å². The molecule has 35 heavy (non-hydrogen) atoms. The molecule has 7 heteroatoms. The van der Waals surface area contributed by atoms with Gasteiger partial charge in [-0.3, -0.25) is 4.79 Å². The fourth-order valence-electron chi connectivity index (χ4n) is 5.31. The molecule has 2 unspecified atom stereocenters. The second-order valence-electron chi connectivity index (χ2n) is 8.93. The van der Waals surface area contributed by atoms with E-state index in [9.17, 15) is 4.79 Å². The number of ketones is 1. The molecule has 4 aromatic rings. The normalized spacial score (nSPS) is 18.6. The first-order valence-electron chi connectivity index (χ1n) is 11.5. The number of fused-ring (bicyclic) bond motifs is 3. The first kappa shape index (κ1) is 23.8. The molecule has 182 valence electrons. The predicted molar refractivity (Wildman–Crippen MR) is 141 cm³/mol. The molecule has 1 saturated carbocycles. The van der Waals surface area contributed by atoms with Crippen molar-refractivity contribution in [1.29, 1.82) is 0 Å². The van der Waals surface area contributed by atoms with Crippen LogP contribution in [0.2, 0.25) is 0 Å². The summed E-state index contributed by atoms with van der Waals surface area (Å²) in [5.74, 6) is 0.108. The van der Waals surface area contributed by atoms with Gasteiger partial charge in [0.2, 0.25) is 5.75 Å². The quantitative estimate of drug-likeness (QED) is 0.214. The lowest BCUT2D eigenvalue weighted by molar-refractivity contribution is 0.0963. The van der Waals surface area contributed by atoms with Crippen LogP contribution in [0.15, 0.2) is 42.5 Å². The highest BCUT2D eigenvalue weighted by Gasteiger charge is 2.68. The maximum absolute atomic E-state index is 13.8. The van der Waals surface area contributed by atoms with E-state index in [0.717, 1.165) is 33.8 Å². The molecule has 1 N–H and O–H groups in total. The van der Waals surface area contributed by atoms with Crippen molar-refractivity contribution in [3.63, 3.8) is 0 Å². The highest BCUT2D eigenvalue weighted by Crippen LogP contribution is 2.67. The average molecular weight is 512 g/mol. The van der Waals surface area contributed by atoms with Gasteiger partial charge in [0.1, 0.15) is 4.33 Å². The van der Waals surface area contributed by atoms with Gasteiger partial charge in [-0.1, -0.05) is 31.2 Å². The van der Waals surface area contributed by atoms with Crippen molar-refractivity contribution in [1.82, 2.24) is 4.98 Å². The number of benzene rings is 3. The van der Waals surface area contributed by atoms with Crippen molar-refractivity contribution in [3.8, 4) is 17.2 Å². The molecule has 1 fully saturated rings. The zero-order valence-corrected chi connectivity index (χ0v) is 21.8. The number of halogens is 2. The van der Waals surface area contributed by atoms with E-state index < -0.39 is 10.3 Å². The molecule has 3 aromatic carbocycles. The number of Topliss-reactive ketones (excluding diaryl/α,β-unsaturated/α-hetero) is 1. The third kappa shape index (κ3) is 3.56. The van der Waals surface area contributed by atoms with Crippen LogP contribution in [0.1, 0.15) is 39.9 Å². The van der Waals surface area contributed by atoms with E-state index in [1.807, 2.05) is 12.1 Å². The number of hydrogen-bond donors (Lipinski definition) is 1.